The molecule has 1 saturated heterocycles. The van der Waals surface area contributed by atoms with Crippen LogP contribution in [0.4, 0.5) is 0 Å². The van der Waals surface area contributed by atoms with Crippen molar-refractivity contribution in [2.45, 2.75) is 51.5 Å². The molecule has 3 aromatic rings. The number of phenolic OH excluding ortho intramolecular Hbond substituents is 1. The average molecular weight is 484 g/mol. The summed E-state index contributed by atoms with van der Waals surface area (Å²) in [5, 5.41) is 21.1. The number of esters is 2. The summed E-state index contributed by atoms with van der Waals surface area (Å²) in [6, 6.07) is 13.0. The summed E-state index contributed by atoms with van der Waals surface area (Å²) in [5.41, 5.74) is -0.0669. The predicted octanol–water partition coefficient (Wildman–Crippen LogP) is 2.51. The Morgan fingerprint density at radius 1 is 0.943 bits per heavy atom. The molecule has 0 radical (unpaired) electrons. The Morgan fingerprint density at radius 3 is 2.26 bits per heavy atom. The Balaban J connectivity index is 1.80. The summed E-state index contributed by atoms with van der Waals surface area (Å²) in [5.74, 6) is -1.98. The number of hydrogen-bond acceptors (Lipinski definition) is 10. The number of rotatable bonds is 5. The minimum atomic E-state index is -1.64. The van der Waals surface area contributed by atoms with Crippen LogP contribution in [0.2, 0.25) is 0 Å². The zero-order valence-electron chi connectivity index (χ0n) is 19.2. The molecular formula is C25H24O10. The maximum absolute atomic E-state index is 13.4. The average Bonchev–Trinajstić information content (AvgIpc) is 2.81. The Labute approximate surface area is 199 Å². The van der Waals surface area contributed by atoms with E-state index in [0.29, 0.717) is 5.56 Å². The highest BCUT2D eigenvalue weighted by Crippen LogP contribution is 2.35. The van der Waals surface area contributed by atoms with E-state index in [2.05, 4.69) is 0 Å². The lowest BCUT2D eigenvalue weighted by atomic mass is 9.99. The standard InChI is InChI=1S/C25H24O10/c1-12-21(32-13(2)26)24(33-14(3)27)20(30)25(31-12)35-23-19(29)18-16(28)10-7-11-17(18)34-22(23)15-8-5-4-6-9-15/h4-12,20-21,24-25,28,30H,1-3H3/t12-,20+,21-,24-,25-/m0/s1. The largest absolute Gasteiger partial charge is 0.507 e. The third kappa shape index (κ3) is 4.84. The lowest BCUT2D eigenvalue weighted by Crippen LogP contribution is -2.61. The number of benzene rings is 2. The van der Waals surface area contributed by atoms with Gasteiger partial charge in [0.25, 0.3) is 0 Å². The third-order valence-corrected chi connectivity index (χ3v) is 5.48. The molecule has 0 bridgehead atoms. The number of aliphatic hydroxyl groups is 1. The van der Waals surface area contributed by atoms with Crippen molar-refractivity contribution in [1.82, 2.24) is 0 Å². The number of fused-ring (bicyclic) bond motifs is 1. The summed E-state index contributed by atoms with van der Waals surface area (Å²) < 4.78 is 28.0. The van der Waals surface area contributed by atoms with Gasteiger partial charge in [-0.2, -0.15) is 0 Å². The van der Waals surface area contributed by atoms with Gasteiger partial charge in [-0.25, -0.2) is 0 Å². The molecule has 1 aliphatic rings. The number of carbonyl (C=O) groups excluding carboxylic acids is 2. The van der Waals surface area contributed by atoms with Gasteiger partial charge in [-0.05, 0) is 19.1 Å². The fourth-order valence-electron chi connectivity index (χ4n) is 3.97. The maximum Gasteiger partial charge on any atom is 0.303 e. The number of carbonyl (C=O) groups is 2. The van der Waals surface area contributed by atoms with Crippen molar-refractivity contribution in [3.63, 3.8) is 0 Å². The van der Waals surface area contributed by atoms with E-state index in [0.717, 1.165) is 6.92 Å². The van der Waals surface area contributed by atoms with Crippen LogP contribution in [-0.4, -0.2) is 52.9 Å². The Morgan fingerprint density at radius 2 is 1.60 bits per heavy atom. The molecule has 0 saturated carbocycles. The van der Waals surface area contributed by atoms with Crippen molar-refractivity contribution in [3.8, 4) is 22.8 Å². The van der Waals surface area contributed by atoms with Gasteiger partial charge in [-0.3, -0.25) is 14.4 Å². The molecule has 1 aliphatic heterocycles. The number of aliphatic hydroxyl groups excluding tert-OH is 1. The van der Waals surface area contributed by atoms with Crippen LogP contribution in [0.5, 0.6) is 11.5 Å². The molecule has 2 heterocycles. The molecule has 2 aromatic carbocycles. The molecular weight excluding hydrogens is 460 g/mol. The van der Waals surface area contributed by atoms with E-state index in [1.807, 2.05) is 0 Å². The summed E-state index contributed by atoms with van der Waals surface area (Å²) in [4.78, 5) is 36.7. The Bertz CT molecular complexity index is 1300. The minimum absolute atomic E-state index is 0.0447. The van der Waals surface area contributed by atoms with Crippen molar-refractivity contribution < 1.29 is 43.2 Å². The summed E-state index contributed by atoms with van der Waals surface area (Å²) in [7, 11) is 0. The number of aromatic hydroxyl groups is 1. The van der Waals surface area contributed by atoms with Crippen molar-refractivity contribution in [1.29, 1.82) is 0 Å². The monoisotopic (exact) mass is 484 g/mol. The van der Waals surface area contributed by atoms with Gasteiger partial charge in [0.05, 0.1) is 6.10 Å². The van der Waals surface area contributed by atoms with Crippen LogP contribution in [0.15, 0.2) is 57.7 Å². The lowest BCUT2D eigenvalue weighted by molar-refractivity contribution is -0.276. The highest BCUT2D eigenvalue weighted by Gasteiger charge is 2.49. The fourth-order valence-corrected chi connectivity index (χ4v) is 3.97. The molecule has 0 aliphatic carbocycles. The SMILES string of the molecule is CC(=O)O[C@@H]1[C@@H](OC(C)=O)[C@@H](O)[C@H](Oc2c(-c3ccccc3)oc3cccc(O)c3c2=O)O[C@H]1C. The van der Waals surface area contributed by atoms with Crippen LogP contribution >= 0.6 is 0 Å². The van der Waals surface area contributed by atoms with Crippen LogP contribution in [0, 0.1) is 0 Å². The van der Waals surface area contributed by atoms with Gasteiger partial charge in [0.1, 0.15) is 16.7 Å². The van der Waals surface area contributed by atoms with E-state index in [1.165, 1.54) is 25.1 Å². The second-order valence-electron chi connectivity index (χ2n) is 8.07. The molecule has 0 unspecified atom stereocenters. The summed E-state index contributed by atoms with van der Waals surface area (Å²) in [6.07, 6.45) is -6.46. The molecule has 0 spiro atoms. The number of ether oxygens (including phenoxy) is 4. The van der Waals surface area contributed by atoms with Crippen LogP contribution in [-0.2, 0) is 23.8 Å². The van der Waals surface area contributed by atoms with Gasteiger partial charge in [0.2, 0.25) is 17.5 Å². The summed E-state index contributed by atoms with van der Waals surface area (Å²) in [6.45, 7) is 3.85. The van der Waals surface area contributed by atoms with Gasteiger partial charge in [0.15, 0.2) is 24.1 Å². The molecule has 10 nitrogen and oxygen atoms in total. The smallest absolute Gasteiger partial charge is 0.303 e. The van der Waals surface area contributed by atoms with E-state index in [1.54, 1.807) is 37.3 Å². The molecule has 1 aromatic heterocycles. The first kappa shape index (κ1) is 24.2. The van der Waals surface area contributed by atoms with E-state index in [-0.39, 0.29) is 28.2 Å². The molecule has 4 rings (SSSR count). The van der Waals surface area contributed by atoms with Crippen molar-refractivity contribution in [2.24, 2.45) is 0 Å². The Kier molecular flexibility index (Phi) is 6.77. The van der Waals surface area contributed by atoms with E-state index in [9.17, 15) is 24.6 Å². The lowest BCUT2D eigenvalue weighted by Gasteiger charge is -2.41. The van der Waals surface area contributed by atoms with Crippen LogP contribution in [0.3, 0.4) is 0 Å². The topological polar surface area (TPSA) is 142 Å². The first-order valence-corrected chi connectivity index (χ1v) is 10.9. The molecule has 10 heteroatoms. The van der Waals surface area contributed by atoms with Gasteiger partial charge in [-0.15, -0.1) is 0 Å². The molecule has 184 valence electrons. The van der Waals surface area contributed by atoms with Crippen molar-refractivity contribution in [3.05, 3.63) is 58.8 Å². The van der Waals surface area contributed by atoms with Crippen molar-refractivity contribution in [2.75, 3.05) is 0 Å². The zero-order chi connectivity index (χ0) is 25.3. The quantitative estimate of drug-likeness (QED) is 0.519. The van der Waals surface area contributed by atoms with E-state index < -0.39 is 48.1 Å². The van der Waals surface area contributed by atoms with Gasteiger partial charge >= 0.3 is 11.9 Å². The molecule has 0 amide bonds. The van der Waals surface area contributed by atoms with Crippen LogP contribution in [0.25, 0.3) is 22.3 Å². The number of phenols is 1. The first-order valence-electron chi connectivity index (χ1n) is 10.9. The third-order valence-electron chi connectivity index (χ3n) is 5.48. The fraction of sp³-hybridized carbons (Fsp3) is 0.320. The van der Waals surface area contributed by atoms with Gasteiger partial charge < -0.3 is 33.6 Å². The molecule has 1 fully saturated rings. The van der Waals surface area contributed by atoms with E-state index >= 15 is 0 Å². The zero-order valence-corrected chi connectivity index (χ0v) is 19.2. The maximum atomic E-state index is 13.4. The van der Waals surface area contributed by atoms with Crippen LogP contribution in [0.1, 0.15) is 20.8 Å². The number of hydrogen-bond donors (Lipinski definition) is 2. The van der Waals surface area contributed by atoms with Crippen molar-refractivity contribution >= 4 is 22.9 Å². The molecule has 35 heavy (non-hydrogen) atoms. The minimum Gasteiger partial charge on any atom is -0.507 e. The van der Waals surface area contributed by atoms with Crippen LogP contribution < -0.4 is 10.2 Å². The highest BCUT2D eigenvalue weighted by molar-refractivity contribution is 5.87. The predicted molar refractivity (Wildman–Crippen MR) is 122 cm³/mol. The summed E-state index contributed by atoms with van der Waals surface area (Å²) >= 11 is 0. The molecule has 2 N–H and O–H groups in total. The Hall–Kier alpha value is -3.89. The second-order valence-corrected chi connectivity index (χ2v) is 8.07. The van der Waals surface area contributed by atoms with Gasteiger partial charge in [0, 0.05) is 19.4 Å². The second kappa shape index (κ2) is 9.77. The molecule has 5 atom stereocenters. The van der Waals surface area contributed by atoms with Gasteiger partial charge in [-0.1, -0.05) is 36.4 Å². The first-order chi connectivity index (χ1) is 16.7. The normalized spacial score (nSPS) is 24.1. The van der Waals surface area contributed by atoms with E-state index in [4.69, 9.17) is 23.4 Å². The highest BCUT2D eigenvalue weighted by atomic mass is 16.7.